The van der Waals surface area contributed by atoms with Crippen LogP contribution >= 0.6 is 0 Å². The Morgan fingerprint density at radius 3 is 1.48 bits per heavy atom. The van der Waals surface area contributed by atoms with Crippen molar-refractivity contribution in [2.24, 2.45) is 35.5 Å². The fourth-order valence-corrected chi connectivity index (χ4v) is 3.68. The fraction of sp³-hybridized carbons (Fsp3) is 0.556. The highest BCUT2D eigenvalue weighted by Gasteiger charge is 2.43. The molecule has 2 aliphatic carbocycles. The van der Waals surface area contributed by atoms with Gasteiger partial charge in [-0.15, -0.1) is 0 Å². The molecule has 25 heavy (non-hydrogen) atoms. The van der Waals surface area contributed by atoms with Gasteiger partial charge in [0, 0.05) is 0 Å². The molecule has 0 saturated carbocycles. The number of esters is 2. The lowest BCUT2D eigenvalue weighted by Crippen LogP contribution is -2.41. The van der Waals surface area contributed by atoms with E-state index in [0.717, 1.165) is 0 Å². The second kappa shape index (κ2) is 7.63. The summed E-state index contributed by atoms with van der Waals surface area (Å²) in [6.07, 6.45) is 7.20. The van der Waals surface area contributed by atoms with Crippen molar-refractivity contribution in [1.82, 2.24) is 0 Å². The molecule has 0 saturated heterocycles. The van der Waals surface area contributed by atoms with Gasteiger partial charge in [-0.05, 0) is 24.7 Å². The highest BCUT2D eigenvalue weighted by molar-refractivity contribution is 5.92. The SMILES string of the molecule is CC1C=CCC(C(=O)OC(=O)C2CC=CC(C)C2C(=O)O)C1C(=O)O. The Bertz CT molecular complexity index is 579. The Kier molecular flexibility index (Phi) is 5.77. The number of rotatable bonds is 4. The molecule has 0 radical (unpaired) electrons. The summed E-state index contributed by atoms with van der Waals surface area (Å²) in [4.78, 5) is 47.6. The minimum Gasteiger partial charge on any atom is -0.481 e. The molecule has 0 aromatic heterocycles. The number of carboxylic acids is 2. The van der Waals surface area contributed by atoms with Crippen LogP contribution in [0.2, 0.25) is 0 Å². The van der Waals surface area contributed by atoms with Gasteiger partial charge in [-0.2, -0.15) is 0 Å². The summed E-state index contributed by atoms with van der Waals surface area (Å²) in [5.74, 6) is -8.61. The van der Waals surface area contributed by atoms with E-state index in [1.165, 1.54) is 0 Å². The predicted molar refractivity (Wildman–Crippen MR) is 86.2 cm³/mol. The van der Waals surface area contributed by atoms with E-state index < -0.39 is 47.5 Å². The zero-order valence-corrected chi connectivity index (χ0v) is 14.1. The third-order valence-corrected chi connectivity index (χ3v) is 5.04. The molecule has 0 spiro atoms. The first kappa shape index (κ1) is 18.9. The van der Waals surface area contributed by atoms with Crippen LogP contribution in [-0.4, -0.2) is 34.1 Å². The summed E-state index contributed by atoms with van der Waals surface area (Å²) in [7, 11) is 0. The topological polar surface area (TPSA) is 118 Å². The van der Waals surface area contributed by atoms with E-state index in [2.05, 4.69) is 0 Å². The quantitative estimate of drug-likeness (QED) is 0.451. The van der Waals surface area contributed by atoms with Gasteiger partial charge < -0.3 is 14.9 Å². The molecule has 0 aromatic carbocycles. The van der Waals surface area contributed by atoms with Crippen LogP contribution in [0.25, 0.3) is 0 Å². The van der Waals surface area contributed by atoms with Crippen molar-refractivity contribution in [3.05, 3.63) is 24.3 Å². The van der Waals surface area contributed by atoms with Crippen molar-refractivity contribution < 1.29 is 34.1 Å². The van der Waals surface area contributed by atoms with E-state index in [0.29, 0.717) is 0 Å². The first-order valence-electron chi connectivity index (χ1n) is 8.28. The number of hydrogen-bond donors (Lipinski definition) is 2. The average Bonchev–Trinajstić information content (AvgIpc) is 2.53. The van der Waals surface area contributed by atoms with E-state index in [4.69, 9.17) is 4.74 Å². The molecule has 0 fully saturated rings. The summed E-state index contributed by atoms with van der Waals surface area (Å²) in [5.41, 5.74) is 0. The lowest BCUT2D eigenvalue weighted by molar-refractivity contribution is -0.173. The number of hydrogen-bond acceptors (Lipinski definition) is 5. The van der Waals surface area contributed by atoms with Gasteiger partial charge in [0.1, 0.15) is 0 Å². The van der Waals surface area contributed by atoms with E-state index >= 15 is 0 Å². The van der Waals surface area contributed by atoms with Gasteiger partial charge in [-0.25, -0.2) is 0 Å². The van der Waals surface area contributed by atoms with Crippen LogP contribution in [-0.2, 0) is 23.9 Å². The second-order valence-corrected chi connectivity index (χ2v) is 6.73. The zero-order valence-electron chi connectivity index (χ0n) is 14.1. The molecule has 0 aliphatic heterocycles. The molecule has 2 N–H and O–H groups in total. The lowest BCUT2D eigenvalue weighted by Gasteiger charge is -2.30. The van der Waals surface area contributed by atoms with Gasteiger partial charge in [0.15, 0.2) is 0 Å². The number of ether oxygens (including phenoxy) is 1. The summed E-state index contributed by atoms with van der Waals surface area (Å²) >= 11 is 0. The number of allylic oxidation sites excluding steroid dienone is 4. The maximum absolute atomic E-state index is 12.4. The second-order valence-electron chi connectivity index (χ2n) is 6.73. The average molecular weight is 350 g/mol. The van der Waals surface area contributed by atoms with Crippen molar-refractivity contribution in [3.63, 3.8) is 0 Å². The minimum absolute atomic E-state index is 0.177. The van der Waals surface area contributed by atoms with Gasteiger partial charge in [0.25, 0.3) is 0 Å². The molecule has 7 heteroatoms. The van der Waals surface area contributed by atoms with E-state index in [1.807, 2.05) is 0 Å². The number of aliphatic carboxylic acids is 2. The maximum atomic E-state index is 12.4. The number of carboxylic acid groups (broad SMARTS) is 2. The largest absolute Gasteiger partial charge is 0.481 e. The van der Waals surface area contributed by atoms with Crippen molar-refractivity contribution in [2.45, 2.75) is 26.7 Å². The highest BCUT2D eigenvalue weighted by Crippen LogP contribution is 2.34. The van der Waals surface area contributed by atoms with Crippen LogP contribution in [0.4, 0.5) is 0 Å². The van der Waals surface area contributed by atoms with Crippen molar-refractivity contribution in [1.29, 1.82) is 0 Å². The van der Waals surface area contributed by atoms with Crippen molar-refractivity contribution in [3.8, 4) is 0 Å². The maximum Gasteiger partial charge on any atom is 0.317 e. The summed E-state index contributed by atoms with van der Waals surface area (Å²) < 4.78 is 4.91. The molecule has 0 bridgehead atoms. The van der Waals surface area contributed by atoms with Gasteiger partial charge in [-0.1, -0.05) is 38.2 Å². The molecule has 0 amide bonds. The molecule has 136 valence electrons. The first-order chi connectivity index (χ1) is 11.7. The van der Waals surface area contributed by atoms with Crippen molar-refractivity contribution >= 4 is 23.9 Å². The predicted octanol–water partition coefficient (Wildman–Crippen LogP) is 1.88. The minimum atomic E-state index is -1.12. The fourth-order valence-electron chi connectivity index (χ4n) is 3.68. The third kappa shape index (κ3) is 3.97. The Morgan fingerprint density at radius 2 is 1.16 bits per heavy atom. The first-order valence-corrected chi connectivity index (χ1v) is 8.28. The van der Waals surface area contributed by atoms with Crippen molar-refractivity contribution in [2.75, 3.05) is 0 Å². The van der Waals surface area contributed by atoms with E-state index in [1.54, 1.807) is 38.2 Å². The Balaban J connectivity index is 2.12. The molecular weight excluding hydrogens is 328 g/mol. The number of carbonyl (C=O) groups is 4. The van der Waals surface area contributed by atoms with Crippen LogP contribution in [0, 0.1) is 35.5 Å². The Hall–Kier alpha value is -2.44. The molecular formula is C18H22O7. The Morgan fingerprint density at radius 1 is 0.800 bits per heavy atom. The molecule has 0 heterocycles. The van der Waals surface area contributed by atoms with E-state index in [-0.39, 0.29) is 24.7 Å². The van der Waals surface area contributed by atoms with Crippen LogP contribution < -0.4 is 0 Å². The molecule has 6 atom stereocenters. The lowest BCUT2D eigenvalue weighted by atomic mass is 9.76. The van der Waals surface area contributed by atoms with Gasteiger partial charge in [0.05, 0.1) is 23.7 Å². The Labute approximate surface area is 145 Å². The standard InChI is InChI=1S/C18H22O7/c1-9-5-3-7-11(13(9)15(19)20)17(23)25-18(24)12-8-4-6-10(2)14(12)16(21)22/h3-6,9-14H,7-8H2,1-2H3,(H,19,20)(H,21,22). The summed E-state index contributed by atoms with van der Waals surface area (Å²) in [5, 5.41) is 18.7. The summed E-state index contributed by atoms with van der Waals surface area (Å²) in [6.45, 7) is 3.37. The van der Waals surface area contributed by atoms with Gasteiger partial charge in [0.2, 0.25) is 0 Å². The van der Waals surface area contributed by atoms with Crippen LogP contribution in [0.1, 0.15) is 26.7 Å². The smallest absolute Gasteiger partial charge is 0.317 e. The van der Waals surface area contributed by atoms with Crippen LogP contribution in [0.3, 0.4) is 0 Å². The monoisotopic (exact) mass is 350 g/mol. The van der Waals surface area contributed by atoms with E-state index in [9.17, 15) is 29.4 Å². The normalized spacial score (nSPS) is 34.3. The van der Waals surface area contributed by atoms with Gasteiger partial charge >= 0.3 is 23.9 Å². The van der Waals surface area contributed by atoms with Crippen LogP contribution in [0.5, 0.6) is 0 Å². The molecule has 2 aliphatic rings. The molecule has 6 unspecified atom stereocenters. The van der Waals surface area contributed by atoms with Gasteiger partial charge in [-0.3, -0.25) is 19.2 Å². The highest BCUT2D eigenvalue weighted by atomic mass is 16.6. The van der Waals surface area contributed by atoms with Crippen LogP contribution in [0.15, 0.2) is 24.3 Å². The molecule has 0 aromatic rings. The molecule has 2 rings (SSSR count). The molecule has 7 nitrogen and oxygen atoms in total. The zero-order chi connectivity index (χ0) is 18.7. The third-order valence-electron chi connectivity index (χ3n) is 5.04. The number of carbonyl (C=O) groups excluding carboxylic acids is 2. The summed E-state index contributed by atoms with van der Waals surface area (Å²) in [6, 6.07) is 0.